The van der Waals surface area contributed by atoms with Crippen LogP contribution in [0.3, 0.4) is 0 Å². The molecule has 0 aliphatic heterocycles. The van der Waals surface area contributed by atoms with Crippen LogP contribution in [0.15, 0.2) is 0 Å². The van der Waals surface area contributed by atoms with Gasteiger partial charge in [0, 0.05) is 0 Å². The molecule has 1 aliphatic rings. The van der Waals surface area contributed by atoms with E-state index < -0.39 is 17.4 Å². The Kier molecular flexibility index (Phi) is 6.50. The molecule has 0 unspecified atom stereocenters. The van der Waals surface area contributed by atoms with Crippen molar-refractivity contribution in [1.29, 1.82) is 0 Å². The molecule has 20 heavy (non-hydrogen) atoms. The standard InChI is InChI=1S/C16H28O4/c1-5-6-11-19-14(17)16(3,4)15(18)20-13-9-7-12(2)8-10-13/h12-13H,5-11H2,1-4H3. The summed E-state index contributed by atoms with van der Waals surface area (Å²) in [7, 11) is 0. The number of esters is 2. The van der Waals surface area contributed by atoms with Crippen LogP contribution in [0.2, 0.25) is 0 Å². The Hall–Kier alpha value is -1.06. The van der Waals surface area contributed by atoms with Crippen molar-refractivity contribution in [3.63, 3.8) is 0 Å². The van der Waals surface area contributed by atoms with E-state index in [1.165, 1.54) is 0 Å². The number of ether oxygens (including phenoxy) is 2. The van der Waals surface area contributed by atoms with Crippen molar-refractivity contribution in [2.45, 2.75) is 72.3 Å². The lowest BCUT2D eigenvalue weighted by molar-refractivity contribution is -0.174. The molecule has 0 amide bonds. The fraction of sp³-hybridized carbons (Fsp3) is 0.875. The highest BCUT2D eigenvalue weighted by molar-refractivity contribution is 5.99. The Bertz CT molecular complexity index is 327. The van der Waals surface area contributed by atoms with Gasteiger partial charge >= 0.3 is 11.9 Å². The summed E-state index contributed by atoms with van der Waals surface area (Å²) in [6.45, 7) is 7.77. The molecule has 0 aromatic carbocycles. The quantitative estimate of drug-likeness (QED) is 0.426. The largest absolute Gasteiger partial charge is 0.465 e. The summed E-state index contributed by atoms with van der Waals surface area (Å²) in [4.78, 5) is 24.1. The van der Waals surface area contributed by atoms with Gasteiger partial charge in [-0.25, -0.2) is 0 Å². The summed E-state index contributed by atoms with van der Waals surface area (Å²) in [5, 5.41) is 0. The van der Waals surface area contributed by atoms with Gasteiger partial charge in [0.15, 0.2) is 5.41 Å². The lowest BCUT2D eigenvalue weighted by Gasteiger charge is -2.29. The van der Waals surface area contributed by atoms with E-state index in [1.54, 1.807) is 13.8 Å². The van der Waals surface area contributed by atoms with E-state index in [0.717, 1.165) is 38.5 Å². The van der Waals surface area contributed by atoms with Crippen LogP contribution in [-0.2, 0) is 19.1 Å². The maximum absolute atomic E-state index is 12.2. The minimum atomic E-state index is -1.21. The molecule has 0 spiro atoms. The van der Waals surface area contributed by atoms with Crippen molar-refractivity contribution in [3.8, 4) is 0 Å². The van der Waals surface area contributed by atoms with Crippen molar-refractivity contribution in [2.75, 3.05) is 6.61 Å². The van der Waals surface area contributed by atoms with Gasteiger partial charge in [-0.15, -0.1) is 0 Å². The van der Waals surface area contributed by atoms with Gasteiger partial charge in [-0.1, -0.05) is 20.3 Å². The molecule has 0 aromatic rings. The fourth-order valence-corrected chi connectivity index (χ4v) is 2.22. The zero-order chi connectivity index (χ0) is 15.2. The number of rotatable bonds is 6. The molecule has 4 heteroatoms. The van der Waals surface area contributed by atoms with Crippen molar-refractivity contribution in [2.24, 2.45) is 11.3 Å². The van der Waals surface area contributed by atoms with Crippen LogP contribution >= 0.6 is 0 Å². The number of unbranched alkanes of at least 4 members (excludes halogenated alkanes) is 1. The van der Waals surface area contributed by atoms with Crippen molar-refractivity contribution >= 4 is 11.9 Å². The highest BCUT2D eigenvalue weighted by atomic mass is 16.6. The highest BCUT2D eigenvalue weighted by Crippen LogP contribution is 2.28. The van der Waals surface area contributed by atoms with E-state index >= 15 is 0 Å². The summed E-state index contributed by atoms with van der Waals surface area (Å²) in [5.74, 6) is -0.240. The van der Waals surface area contributed by atoms with Crippen LogP contribution in [-0.4, -0.2) is 24.6 Å². The third kappa shape index (κ3) is 4.80. The lowest BCUT2D eigenvalue weighted by Crippen LogP contribution is -2.39. The number of carbonyl (C=O) groups excluding carboxylic acids is 2. The molecule has 0 N–H and O–H groups in total. The van der Waals surface area contributed by atoms with E-state index in [-0.39, 0.29) is 6.10 Å². The highest BCUT2D eigenvalue weighted by Gasteiger charge is 2.40. The van der Waals surface area contributed by atoms with Gasteiger partial charge in [-0.05, 0) is 51.9 Å². The Morgan fingerprint density at radius 2 is 1.70 bits per heavy atom. The average Bonchev–Trinajstić information content (AvgIpc) is 2.41. The predicted octanol–water partition coefficient (Wildman–Crippen LogP) is 3.48. The summed E-state index contributed by atoms with van der Waals surface area (Å²) < 4.78 is 10.6. The van der Waals surface area contributed by atoms with Crippen LogP contribution in [0.5, 0.6) is 0 Å². The molecule has 0 aromatic heterocycles. The minimum absolute atomic E-state index is 0.0404. The molecule has 1 aliphatic carbocycles. The molecule has 0 atom stereocenters. The first-order chi connectivity index (χ1) is 9.37. The third-order valence-electron chi connectivity index (χ3n) is 3.99. The van der Waals surface area contributed by atoms with E-state index in [0.29, 0.717) is 12.5 Å². The number of hydrogen-bond acceptors (Lipinski definition) is 4. The second-order valence-electron chi connectivity index (χ2n) is 6.40. The molecule has 116 valence electrons. The van der Waals surface area contributed by atoms with Gasteiger partial charge in [0.25, 0.3) is 0 Å². The fourth-order valence-electron chi connectivity index (χ4n) is 2.22. The molecular weight excluding hydrogens is 256 g/mol. The smallest absolute Gasteiger partial charge is 0.323 e. The van der Waals surface area contributed by atoms with Gasteiger partial charge < -0.3 is 9.47 Å². The normalized spacial score (nSPS) is 23.2. The first kappa shape index (κ1) is 17.0. The molecule has 1 fully saturated rings. The Balaban J connectivity index is 2.45. The van der Waals surface area contributed by atoms with E-state index in [9.17, 15) is 9.59 Å². The van der Waals surface area contributed by atoms with Crippen molar-refractivity contribution < 1.29 is 19.1 Å². The van der Waals surface area contributed by atoms with Crippen LogP contribution in [0.1, 0.15) is 66.2 Å². The molecule has 4 nitrogen and oxygen atoms in total. The first-order valence-electron chi connectivity index (χ1n) is 7.76. The second kappa shape index (κ2) is 7.65. The summed E-state index contributed by atoms with van der Waals surface area (Å²) in [6.07, 6.45) is 5.69. The van der Waals surface area contributed by atoms with Gasteiger partial charge in [-0.3, -0.25) is 9.59 Å². The molecule has 0 bridgehead atoms. The van der Waals surface area contributed by atoms with Gasteiger partial charge in [0.2, 0.25) is 0 Å². The number of hydrogen-bond donors (Lipinski definition) is 0. The summed E-state index contributed by atoms with van der Waals surface area (Å²) >= 11 is 0. The van der Waals surface area contributed by atoms with Crippen molar-refractivity contribution in [1.82, 2.24) is 0 Å². The maximum Gasteiger partial charge on any atom is 0.323 e. The lowest BCUT2D eigenvalue weighted by atomic mass is 9.88. The van der Waals surface area contributed by atoms with E-state index in [1.807, 2.05) is 6.92 Å². The monoisotopic (exact) mass is 284 g/mol. The Labute approximate surface area is 122 Å². The third-order valence-corrected chi connectivity index (χ3v) is 3.99. The SMILES string of the molecule is CCCCOC(=O)C(C)(C)C(=O)OC1CCC(C)CC1. The molecule has 1 rings (SSSR count). The van der Waals surface area contributed by atoms with Crippen molar-refractivity contribution in [3.05, 3.63) is 0 Å². The topological polar surface area (TPSA) is 52.6 Å². The average molecular weight is 284 g/mol. The molecule has 0 saturated heterocycles. The van der Waals surface area contributed by atoms with Gasteiger partial charge in [-0.2, -0.15) is 0 Å². The molecular formula is C16H28O4. The summed E-state index contributed by atoms with van der Waals surface area (Å²) in [6, 6.07) is 0. The summed E-state index contributed by atoms with van der Waals surface area (Å²) in [5.41, 5.74) is -1.21. The van der Waals surface area contributed by atoms with E-state index in [2.05, 4.69) is 6.92 Å². The molecule has 0 radical (unpaired) electrons. The second-order valence-corrected chi connectivity index (χ2v) is 6.40. The van der Waals surface area contributed by atoms with Crippen LogP contribution < -0.4 is 0 Å². The zero-order valence-electron chi connectivity index (χ0n) is 13.2. The predicted molar refractivity (Wildman–Crippen MR) is 77.2 cm³/mol. The Morgan fingerprint density at radius 3 is 2.25 bits per heavy atom. The zero-order valence-corrected chi connectivity index (χ0v) is 13.2. The van der Waals surface area contributed by atoms with Crippen LogP contribution in [0.4, 0.5) is 0 Å². The van der Waals surface area contributed by atoms with E-state index in [4.69, 9.17) is 9.47 Å². The number of carbonyl (C=O) groups is 2. The molecule has 1 saturated carbocycles. The van der Waals surface area contributed by atoms with Gasteiger partial charge in [0.1, 0.15) is 6.10 Å². The van der Waals surface area contributed by atoms with Crippen LogP contribution in [0.25, 0.3) is 0 Å². The molecule has 0 heterocycles. The first-order valence-corrected chi connectivity index (χ1v) is 7.76. The Morgan fingerprint density at radius 1 is 1.10 bits per heavy atom. The van der Waals surface area contributed by atoms with Crippen LogP contribution in [0, 0.1) is 11.3 Å². The van der Waals surface area contributed by atoms with Gasteiger partial charge in [0.05, 0.1) is 6.61 Å². The maximum atomic E-state index is 12.2. The minimum Gasteiger partial charge on any atom is -0.465 e.